The first-order valence-corrected chi connectivity index (χ1v) is 7.65. The molecule has 2 heteroatoms. The van der Waals surface area contributed by atoms with Crippen LogP contribution in [0.3, 0.4) is 0 Å². The fourth-order valence-electron chi connectivity index (χ4n) is 3.57. The van der Waals surface area contributed by atoms with Crippen molar-refractivity contribution in [2.45, 2.75) is 56.9 Å². The van der Waals surface area contributed by atoms with Gasteiger partial charge < -0.3 is 5.32 Å². The van der Waals surface area contributed by atoms with Crippen molar-refractivity contribution in [3.8, 4) is 0 Å². The van der Waals surface area contributed by atoms with E-state index in [4.69, 9.17) is 0 Å². The summed E-state index contributed by atoms with van der Waals surface area (Å²) >= 11 is 0. The molecule has 0 radical (unpaired) electrons. The molecule has 2 aliphatic carbocycles. The summed E-state index contributed by atoms with van der Waals surface area (Å²) in [6, 6.07) is 10.5. The van der Waals surface area contributed by atoms with Gasteiger partial charge in [0.1, 0.15) is 0 Å². The minimum Gasteiger partial charge on any atom is -0.347 e. The second-order valence-corrected chi connectivity index (χ2v) is 6.20. The minimum atomic E-state index is -0.0586. The van der Waals surface area contributed by atoms with Crippen LogP contribution in [0.4, 0.5) is 0 Å². The van der Waals surface area contributed by atoms with Gasteiger partial charge in [-0.3, -0.25) is 4.79 Å². The van der Waals surface area contributed by atoms with Crippen LogP contribution in [-0.2, 0) is 10.3 Å². The molecule has 0 aliphatic heterocycles. The summed E-state index contributed by atoms with van der Waals surface area (Å²) in [5.41, 5.74) is 1.22. The van der Waals surface area contributed by atoms with Crippen molar-refractivity contribution in [3.63, 3.8) is 0 Å². The zero-order valence-electron chi connectivity index (χ0n) is 11.5. The van der Waals surface area contributed by atoms with Crippen molar-refractivity contribution < 1.29 is 4.79 Å². The van der Waals surface area contributed by atoms with E-state index in [1.165, 1.54) is 37.7 Å². The molecular weight excluding hydrogens is 234 g/mol. The molecule has 102 valence electrons. The molecule has 0 spiro atoms. The number of hydrogen-bond acceptors (Lipinski definition) is 1. The molecule has 1 aromatic rings. The molecule has 1 N–H and O–H groups in total. The Balaban J connectivity index is 1.64. The normalized spacial score (nSPS) is 21.9. The SMILES string of the molecule is O=C(CC1CCCC1)NC1(c2ccccc2)CCC1. The molecule has 2 nitrogen and oxygen atoms in total. The van der Waals surface area contributed by atoms with E-state index in [9.17, 15) is 4.79 Å². The van der Waals surface area contributed by atoms with Crippen molar-refractivity contribution >= 4 is 5.91 Å². The lowest BCUT2D eigenvalue weighted by Gasteiger charge is -2.43. The predicted octanol–water partition coefficient (Wildman–Crippen LogP) is 3.76. The maximum atomic E-state index is 12.3. The fraction of sp³-hybridized carbons (Fsp3) is 0.588. The van der Waals surface area contributed by atoms with Gasteiger partial charge in [-0.2, -0.15) is 0 Å². The molecule has 1 amide bonds. The Kier molecular flexibility index (Phi) is 3.58. The molecule has 0 atom stereocenters. The summed E-state index contributed by atoms with van der Waals surface area (Å²) in [5, 5.41) is 3.33. The highest BCUT2D eigenvalue weighted by molar-refractivity contribution is 5.77. The van der Waals surface area contributed by atoms with Crippen molar-refractivity contribution in [2.75, 3.05) is 0 Å². The maximum absolute atomic E-state index is 12.3. The molecule has 0 aromatic heterocycles. The summed E-state index contributed by atoms with van der Waals surface area (Å²) in [4.78, 5) is 12.3. The largest absolute Gasteiger partial charge is 0.347 e. The Hall–Kier alpha value is -1.31. The van der Waals surface area contributed by atoms with Crippen molar-refractivity contribution in [1.29, 1.82) is 0 Å². The maximum Gasteiger partial charge on any atom is 0.220 e. The zero-order chi connectivity index (χ0) is 13.1. The van der Waals surface area contributed by atoms with Crippen LogP contribution < -0.4 is 5.32 Å². The summed E-state index contributed by atoms with van der Waals surface area (Å²) < 4.78 is 0. The molecular formula is C17H23NO. The average Bonchev–Trinajstić information content (AvgIpc) is 2.88. The van der Waals surface area contributed by atoms with Gasteiger partial charge in [0.25, 0.3) is 0 Å². The number of rotatable bonds is 4. The summed E-state index contributed by atoms with van der Waals surface area (Å²) in [6.07, 6.45) is 9.23. The third kappa shape index (κ3) is 2.68. The van der Waals surface area contributed by atoms with E-state index in [2.05, 4.69) is 29.6 Å². The van der Waals surface area contributed by atoms with E-state index >= 15 is 0 Å². The number of benzene rings is 1. The first kappa shape index (κ1) is 12.7. The van der Waals surface area contributed by atoms with Gasteiger partial charge in [-0.15, -0.1) is 0 Å². The molecule has 0 heterocycles. The molecule has 2 saturated carbocycles. The Bertz CT molecular complexity index is 430. The van der Waals surface area contributed by atoms with Crippen LogP contribution >= 0.6 is 0 Å². The Morgan fingerprint density at radius 1 is 1.11 bits per heavy atom. The first-order chi connectivity index (χ1) is 9.28. The summed E-state index contributed by atoms with van der Waals surface area (Å²) in [6.45, 7) is 0. The number of carbonyl (C=O) groups is 1. The van der Waals surface area contributed by atoms with Crippen molar-refractivity contribution in [1.82, 2.24) is 5.32 Å². The van der Waals surface area contributed by atoms with E-state index in [-0.39, 0.29) is 11.4 Å². The van der Waals surface area contributed by atoms with Gasteiger partial charge >= 0.3 is 0 Å². The first-order valence-electron chi connectivity index (χ1n) is 7.65. The third-order valence-corrected chi connectivity index (χ3v) is 4.86. The van der Waals surface area contributed by atoms with Crippen LogP contribution in [0, 0.1) is 5.92 Å². The lowest BCUT2D eigenvalue weighted by atomic mass is 9.71. The van der Waals surface area contributed by atoms with E-state index in [1.54, 1.807) is 0 Å². The zero-order valence-corrected chi connectivity index (χ0v) is 11.5. The van der Waals surface area contributed by atoms with Gasteiger partial charge in [-0.1, -0.05) is 43.2 Å². The Morgan fingerprint density at radius 2 is 1.79 bits per heavy atom. The molecule has 0 unspecified atom stereocenters. The van der Waals surface area contributed by atoms with Crippen molar-refractivity contribution in [2.24, 2.45) is 5.92 Å². The topological polar surface area (TPSA) is 29.1 Å². The third-order valence-electron chi connectivity index (χ3n) is 4.86. The number of carbonyl (C=O) groups excluding carboxylic acids is 1. The standard InChI is InChI=1S/C17H23NO/c19-16(13-14-7-4-5-8-14)18-17(11-6-12-17)15-9-2-1-3-10-15/h1-3,9-10,14H,4-8,11-13H2,(H,18,19). The van der Waals surface area contributed by atoms with Crippen LogP contribution in [0.15, 0.2) is 30.3 Å². The molecule has 1 aromatic carbocycles. The Morgan fingerprint density at radius 3 is 2.37 bits per heavy atom. The lowest BCUT2D eigenvalue weighted by Crippen LogP contribution is -2.51. The summed E-state index contributed by atoms with van der Waals surface area (Å²) in [5.74, 6) is 0.892. The second-order valence-electron chi connectivity index (χ2n) is 6.20. The predicted molar refractivity (Wildman–Crippen MR) is 76.7 cm³/mol. The van der Waals surface area contributed by atoms with E-state index in [0.717, 1.165) is 19.3 Å². The van der Waals surface area contributed by atoms with Gasteiger partial charge in [0.2, 0.25) is 5.91 Å². The molecule has 0 saturated heterocycles. The van der Waals surface area contributed by atoms with E-state index < -0.39 is 0 Å². The Labute approximate surface area is 115 Å². The van der Waals surface area contributed by atoms with Gasteiger partial charge in [0, 0.05) is 6.42 Å². The van der Waals surface area contributed by atoms with Crippen molar-refractivity contribution in [3.05, 3.63) is 35.9 Å². The van der Waals surface area contributed by atoms with Crippen LogP contribution in [0.2, 0.25) is 0 Å². The minimum absolute atomic E-state index is 0.0586. The van der Waals surface area contributed by atoms with Gasteiger partial charge in [-0.25, -0.2) is 0 Å². The smallest absolute Gasteiger partial charge is 0.220 e. The van der Waals surface area contributed by atoms with Gasteiger partial charge in [0.15, 0.2) is 0 Å². The van der Waals surface area contributed by atoms with Crippen LogP contribution in [0.1, 0.15) is 56.9 Å². The van der Waals surface area contributed by atoms with Crippen LogP contribution in [0.5, 0.6) is 0 Å². The van der Waals surface area contributed by atoms with Gasteiger partial charge in [-0.05, 0) is 43.6 Å². The number of hydrogen-bond donors (Lipinski definition) is 1. The number of nitrogens with one attached hydrogen (secondary N) is 1. The molecule has 2 fully saturated rings. The molecule has 3 rings (SSSR count). The van der Waals surface area contributed by atoms with E-state index in [0.29, 0.717) is 5.92 Å². The highest BCUT2D eigenvalue weighted by atomic mass is 16.1. The molecule has 0 bridgehead atoms. The highest BCUT2D eigenvalue weighted by Gasteiger charge is 2.40. The fourth-order valence-corrected chi connectivity index (χ4v) is 3.57. The monoisotopic (exact) mass is 257 g/mol. The highest BCUT2D eigenvalue weighted by Crippen LogP contribution is 2.41. The van der Waals surface area contributed by atoms with Crippen LogP contribution in [-0.4, -0.2) is 5.91 Å². The van der Waals surface area contributed by atoms with Gasteiger partial charge in [0.05, 0.1) is 5.54 Å². The summed E-state index contributed by atoms with van der Waals surface area (Å²) in [7, 11) is 0. The molecule has 19 heavy (non-hydrogen) atoms. The molecule has 2 aliphatic rings. The lowest BCUT2D eigenvalue weighted by molar-refractivity contribution is -0.125. The van der Waals surface area contributed by atoms with E-state index in [1.807, 2.05) is 6.07 Å². The number of amides is 1. The second kappa shape index (κ2) is 5.36. The quantitative estimate of drug-likeness (QED) is 0.874. The van der Waals surface area contributed by atoms with Crippen LogP contribution in [0.25, 0.3) is 0 Å². The average molecular weight is 257 g/mol.